The lowest BCUT2D eigenvalue weighted by atomic mass is 10.0. The quantitative estimate of drug-likeness (QED) is 0.00965. The lowest BCUT2D eigenvalue weighted by Crippen LogP contribution is -2.58. The minimum Gasteiger partial charge on any atom is -0.481 e. The average Bonchev–Trinajstić information content (AvgIpc) is 1.74. The average molecular weight is 1900 g/mol. The van der Waals surface area contributed by atoms with Crippen LogP contribution in [0.1, 0.15) is 154 Å². The summed E-state index contributed by atoms with van der Waals surface area (Å²) in [6, 6.07) is 3.27. The molecule has 51 heteroatoms. The number of esters is 2. The molecular formula is C82H128N21O29P. The number of carboxylic acid groups (broad SMARTS) is 2. The van der Waals surface area contributed by atoms with Gasteiger partial charge >= 0.3 is 31.7 Å². The zero-order chi connectivity index (χ0) is 98.6. The number of hydrogen-bond donors (Lipinski definition) is 24. The molecule has 0 saturated carbocycles. The second kappa shape index (κ2) is 64.7. The van der Waals surface area contributed by atoms with E-state index >= 15 is 0 Å². The first-order chi connectivity index (χ1) is 63.3. The largest absolute Gasteiger partial charge is 0.481 e. The fourth-order valence-corrected chi connectivity index (χ4v) is 13.2. The lowest BCUT2D eigenvalue weighted by molar-refractivity contribution is -0.160. The molecule has 1 saturated heterocycles. The van der Waals surface area contributed by atoms with Crippen molar-refractivity contribution in [3.05, 3.63) is 71.8 Å². The molecule has 50 nitrogen and oxygen atoms in total. The number of likely N-dealkylation sites (N-methyl/N-ethyl adjacent to an activating group) is 1. The van der Waals surface area contributed by atoms with Gasteiger partial charge in [0, 0.05) is 105 Å². The fourth-order valence-electron chi connectivity index (χ4n) is 12.4. The van der Waals surface area contributed by atoms with Crippen molar-refractivity contribution >= 4 is 132 Å². The molecule has 133 heavy (non-hydrogen) atoms. The molecule has 740 valence electrons. The zero-order valence-corrected chi connectivity index (χ0v) is 75.7. The highest BCUT2D eigenvalue weighted by molar-refractivity contribution is 7.47. The summed E-state index contributed by atoms with van der Waals surface area (Å²) in [6.45, 7) is 1.14. The monoisotopic (exact) mass is 1900 g/mol. The third-order valence-electron chi connectivity index (χ3n) is 19.3. The minimum atomic E-state index is -4.73. The topological polar surface area (TPSA) is 762 Å². The van der Waals surface area contributed by atoms with Gasteiger partial charge in [-0.15, -0.1) is 0 Å². The van der Waals surface area contributed by atoms with E-state index in [1.165, 1.54) is 20.9 Å². The van der Waals surface area contributed by atoms with Gasteiger partial charge in [-0.1, -0.05) is 74.5 Å². The van der Waals surface area contributed by atoms with Crippen molar-refractivity contribution in [2.75, 3.05) is 99.1 Å². The van der Waals surface area contributed by atoms with Gasteiger partial charge in [0.25, 0.3) is 0 Å². The molecule has 0 bridgehead atoms. The number of phosphoric acid groups is 1. The highest BCUT2D eigenvalue weighted by Crippen LogP contribution is 2.43. The van der Waals surface area contributed by atoms with E-state index in [0.717, 1.165) is 6.92 Å². The molecule has 2 aromatic rings. The van der Waals surface area contributed by atoms with E-state index in [0.29, 0.717) is 11.1 Å². The van der Waals surface area contributed by atoms with Gasteiger partial charge in [0.05, 0.1) is 59.0 Å². The lowest BCUT2D eigenvalue weighted by Gasteiger charge is -2.26. The maximum atomic E-state index is 14.5. The van der Waals surface area contributed by atoms with E-state index in [9.17, 15) is 111 Å². The van der Waals surface area contributed by atoms with Crippen molar-refractivity contribution in [3.63, 3.8) is 0 Å². The number of benzene rings is 2. The maximum absolute atomic E-state index is 14.5. The summed E-state index contributed by atoms with van der Waals surface area (Å²) in [5.74, 6) is -17.2. The van der Waals surface area contributed by atoms with Crippen molar-refractivity contribution in [1.29, 1.82) is 10.8 Å². The number of hydrogen-bond acceptors (Lipinski definition) is 28. The van der Waals surface area contributed by atoms with Crippen molar-refractivity contribution in [2.45, 2.75) is 216 Å². The molecule has 26 N–H and O–H groups in total. The molecule has 0 aromatic heterocycles. The first-order valence-electron chi connectivity index (χ1n) is 43.4. The Morgan fingerprint density at radius 3 is 1.59 bits per heavy atom. The molecule has 3 rings (SSSR count). The number of ether oxygens (including phenoxy) is 4. The number of carbonyl (C=O) groups is 19. The summed E-state index contributed by atoms with van der Waals surface area (Å²) < 4.78 is 43.3. The van der Waals surface area contributed by atoms with Crippen molar-refractivity contribution < 1.29 is 139 Å². The molecule has 0 aliphatic carbocycles. The van der Waals surface area contributed by atoms with E-state index in [4.69, 9.17) is 50.3 Å². The van der Waals surface area contributed by atoms with Crippen LogP contribution in [0.15, 0.2) is 60.7 Å². The van der Waals surface area contributed by atoms with Crippen LogP contribution in [0.4, 0.5) is 0 Å². The number of guanidine groups is 2. The smallest absolute Gasteiger partial charge is 0.472 e. The van der Waals surface area contributed by atoms with Crippen LogP contribution in [0, 0.1) is 10.8 Å². The Bertz CT molecular complexity index is 4220. The molecule has 1 aliphatic heterocycles. The number of carboxylic acids is 2. The second-order valence-electron chi connectivity index (χ2n) is 30.2. The Labute approximate surface area is 767 Å². The molecular weight excluding hydrogens is 1770 g/mol. The van der Waals surface area contributed by atoms with Crippen LogP contribution in [0.3, 0.4) is 0 Å². The van der Waals surface area contributed by atoms with Gasteiger partial charge in [-0.05, 0) is 81.8 Å². The third kappa shape index (κ3) is 52.0. The molecule has 1 aliphatic rings. The molecule has 0 spiro atoms. The molecule has 2 aromatic carbocycles. The number of amides is 15. The number of phosphoric ester groups is 1. The minimum absolute atomic E-state index is 0.00883. The SMILES string of the molecule is CCC(=O)OC[C@H](COP(=O)(O)OCCNC(=O)CCC(=O)NCCOCCOCCC(=O)N[C@@H](CCC(=O)NCCCC[C@H]1NC(=O)[C@H](Cc2ccccc2)NC(=O)[C@@H](CC(=O)O)NC(=O)CNC(=O)[C@@H](CCCNC(=N)N)NC1=O)C(=O)NCCCC[C@H](NC(=O)[C@@H](Cc1ccccc1)NC(=O)[C@H](CC(=O)O)NC(C)=O)C(=O)N[C@@H](CCCNC(=N)N)C(=O)NC)OC(=O)CC. The van der Waals surface area contributed by atoms with Gasteiger partial charge in [-0.25, -0.2) is 4.57 Å². The van der Waals surface area contributed by atoms with Gasteiger partial charge in [0.1, 0.15) is 61.0 Å². The van der Waals surface area contributed by atoms with Crippen LogP contribution in [-0.4, -0.2) is 299 Å². The Morgan fingerprint density at radius 1 is 0.474 bits per heavy atom. The molecule has 0 radical (unpaired) electrons. The summed E-state index contributed by atoms with van der Waals surface area (Å²) in [4.78, 5) is 261. The first kappa shape index (κ1) is 114. The molecule has 1 fully saturated rings. The third-order valence-corrected chi connectivity index (χ3v) is 20.3. The van der Waals surface area contributed by atoms with Crippen LogP contribution in [0.25, 0.3) is 0 Å². The fraction of sp³-hybridized carbons (Fsp3) is 0.598. The van der Waals surface area contributed by atoms with Gasteiger partial charge in [-0.3, -0.25) is 111 Å². The highest BCUT2D eigenvalue weighted by Gasteiger charge is 2.37. The normalized spacial score (nSPS) is 16.4. The van der Waals surface area contributed by atoms with Crippen LogP contribution in [0.5, 0.6) is 0 Å². The predicted molar refractivity (Wildman–Crippen MR) is 471 cm³/mol. The van der Waals surface area contributed by atoms with E-state index in [-0.39, 0.29) is 193 Å². The van der Waals surface area contributed by atoms with E-state index < -0.39 is 226 Å². The Morgan fingerprint density at radius 2 is 0.977 bits per heavy atom. The molecule has 15 amide bonds. The molecule has 11 atom stereocenters. The van der Waals surface area contributed by atoms with E-state index in [1.807, 2.05) is 0 Å². The summed E-state index contributed by atoms with van der Waals surface area (Å²) in [5, 5.41) is 77.5. The summed E-state index contributed by atoms with van der Waals surface area (Å²) >= 11 is 0. The molecule has 1 heterocycles. The maximum Gasteiger partial charge on any atom is 0.472 e. The summed E-state index contributed by atoms with van der Waals surface area (Å²) in [6.07, 6.45) is -4.78. The summed E-state index contributed by atoms with van der Waals surface area (Å²) in [7, 11) is -3.41. The van der Waals surface area contributed by atoms with Gasteiger partial charge in [0.15, 0.2) is 18.0 Å². The molecule has 1 unspecified atom stereocenters. The number of nitrogens with two attached hydrogens (primary N) is 2. The van der Waals surface area contributed by atoms with Crippen molar-refractivity contribution in [2.24, 2.45) is 11.5 Å². The van der Waals surface area contributed by atoms with Gasteiger partial charge < -0.3 is 136 Å². The van der Waals surface area contributed by atoms with E-state index in [2.05, 4.69) is 90.4 Å². The van der Waals surface area contributed by atoms with Crippen LogP contribution in [0.2, 0.25) is 0 Å². The second-order valence-corrected chi connectivity index (χ2v) is 31.6. The number of nitrogens with one attached hydrogen (secondary N) is 19. The number of aliphatic carboxylic acids is 2. The standard InChI is InChI=1S/C82H128N21O29P/c1-5-70(114)129-48-53(132-71(115)6-2)49-131-133(125,126)130-40-37-90-65(107)30-29-64(106)89-36-39-128-42-41-127-38-31-66(108)96-58(73(117)91-33-16-14-24-56(75(119)98-54(72(116)87-4)25-17-34-92-81(83)84)100-77(121)59(43-51-19-9-7-10-20-51)102-79(123)61(45-68(110)111)95-50(3)104)27-28-63(105)88-32-15-13-23-57-76(120)99-55(26-18-35-93-82(85)86)74(118)94-47-67(109)97-62(46-69(112)113)80(124)103-60(78(122)101-57)44-52-21-11-8-12-22-52/h7-12,19-22,53-62H,5-6,13-18,23-49H2,1-4H3,(H,87,116)(H,88,105)(H,89,106)(H,90,107)(H,91,117)(H,94,118)(H,95,104)(H,96,108)(H,97,109)(H,98,119)(H,99,120)(H,100,121)(H,101,122)(H,102,123)(H,103,124)(H,110,111)(H,112,113)(H,125,126)(H4,83,84,92)(H4,85,86,93)/t53-,54+,55-,56+,57-,58+,59-,60+,61+,62-/m1/s1. The van der Waals surface area contributed by atoms with Crippen LogP contribution >= 0.6 is 7.82 Å². The van der Waals surface area contributed by atoms with Crippen LogP contribution < -0.4 is 102 Å². The first-order valence-corrected chi connectivity index (χ1v) is 44.8. The Balaban J connectivity index is 1.81. The zero-order valence-electron chi connectivity index (χ0n) is 74.9. The van der Waals surface area contributed by atoms with Crippen LogP contribution in [-0.2, 0) is 136 Å². The number of rotatable bonds is 63. The number of unbranched alkanes of at least 4 members (excludes halogenated alkanes) is 2. The number of carbonyl (C=O) groups excluding carboxylic acids is 17. The Kier molecular flexibility index (Phi) is 55.5. The van der Waals surface area contributed by atoms with Crippen molar-refractivity contribution in [1.82, 2.24) is 90.4 Å². The predicted octanol–water partition coefficient (Wildman–Crippen LogP) is -5.60. The highest BCUT2D eigenvalue weighted by atomic mass is 31.2. The Hall–Kier alpha value is -13.1. The summed E-state index contributed by atoms with van der Waals surface area (Å²) in [5.41, 5.74) is 11.9. The van der Waals surface area contributed by atoms with Gasteiger partial charge in [-0.2, -0.15) is 0 Å². The van der Waals surface area contributed by atoms with E-state index in [1.54, 1.807) is 60.7 Å². The van der Waals surface area contributed by atoms with Crippen molar-refractivity contribution in [3.8, 4) is 0 Å². The van der Waals surface area contributed by atoms with Gasteiger partial charge in [0.2, 0.25) is 88.6 Å².